The lowest BCUT2D eigenvalue weighted by Gasteiger charge is -2.18. The van der Waals surface area contributed by atoms with Crippen LogP contribution in [0.2, 0.25) is 0 Å². The van der Waals surface area contributed by atoms with Gasteiger partial charge in [0.1, 0.15) is 11.6 Å². The minimum atomic E-state index is 0.601. The summed E-state index contributed by atoms with van der Waals surface area (Å²) in [5.74, 6) is 2.20. The molecule has 4 nitrogen and oxygen atoms in total. The number of hydrogen-bond donors (Lipinski definition) is 2. The van der Waals surface area contributed by atoms with E-state index in [-0.39, 0.29) is 0 Å². The average Bonchev–Trinajstić information content (AvgIpc) is 2.55. The fourth-order valence-corrected chi connectivity index (χ4v) is 2.02. The monoisotopic (exact) mass is 230 g/mol. The zero-order valence-corrected chi connectivity index (χ0v) is 10.7. The Bertz CT molecular complexity index is 522. The molecule has 0 aliphatic rings. The van der Waals surface area contributed by atoms with E-state index in [0.29, 0.717) is 5.82 Å². The lowest BCUT2D eigenvalue weighted by atomic mass is 10.1. The van der Waals surface area contributed by atoms with Crippen molar-refractivity contribution in [1.29, 1.82) is 0 Å². The van der Waals surface area contributed by atoms with Crippen LogP contribution in [0.25, 0.3) is 0 Å². The van der Waals surface area contributed by atoms with Gasteiger partial charge in [-0.2, -0.15) is 0 Å². The van der Waals surface area contributed by atoms with E-state index in [1.54, 1.807) is 0 Å². The Labute approximate surface area is 101 Å². The number of imidazole rings is 1. The van der Waals surface area contributed by atoms with Gasteiger partial charge in [-0.3, -0.25) is 0 Å². The average molecular weight is 230 g/mol. The van der Waals surface area contributed by atoms with Crippen molar-refractivity contribution >= 4 is 17.3 Å². The third-order valence-corrected chi connectivity index (χ3v) is 2.74. The second kappa shape index (κ2) is 4.13. The first-order valence-corrected chi connectivity index (χ1v) is 5.61. The molecule has 1 aromatic carbocycles. The molecular formula is C13H18N4. The fraction of sp³-hybridized carbons (Fsp3) is 0.308. The molecular weight excluding hydrogens is 212 g/mol. The van der Waals surface area contributed by atoms with E-state index >= 15 is 0 Å². The summed E-state index contributed by atoms with van der Waals surface area (Å²) in [4.78, 5) is 9.40. The van der Waals surface area contributed by atoms with Crippen LogP contribution in [-0.2, 0) is 0 Å². The molecule has 0 spiro atoms. The maximum absolute atomic E-state index is 5.90. The summed E-state index contributed by atoms with van der Waals surface area (Å²) in [7, 11) is 1.97. The van der Waals surface area contributed by atoms with E-state index in [2.05, 4.69) is 42.0 Å². The van der Waals surface area contributed by atoms with Gasteiger partial charge < -0.3 is 15.6 Å². The second-order valence-electron chi connectivity index (χ2n) is 4.46. The smallest absolute Gasteiger partial charge is 0.175 e. The molecule has 0 bridgehead atoms. The molecule has 0 amide bonds. The normalized spacial score (nSPS) is 10.6. The molecule has 0 atom stereocenters. The van der Waals surface area contributed by atoms with Crippen molar-refractivity contribution in [3.63, 3.8) is 0 Å². The fourth-order valence-electron chi connectivity index (χ4n) is 2.02. The van der Waals surface area contributed by atoms with E-state index in [0.717, 1.165) is 17.3 Å². The van der Waals surface area contributed by atoms with Crippen LogP contribution in [-0.4, -0.2) is 17.0 Å². The zero-order chi connectivity index (χ0) is 12.6. The number of nitrogens with one attached hydrogen (secondary N) is 1. The molecule has 0 aliphatic heterocycles. The lowest BCUT2D eigenvalue weighted by Crippen LogP contribution is -2.12. The summed E-state index contributed by atoms with van der Waals surface area (Å²) < 4.78 is 0. The minimum absolute atomic E-state index is 0.601. The zero-order valence-electron chi connectivity index (χ0n) is 10.7. The van der Waals surface area contributed by atoms with E-state index in [1.165, 1.54) is 11.1 Å². The number of aryl methyl sites for hydroxylation is 3. The lowest BCUT2D eigenvalue weighted by molar-refractivity contribution is 1.10. The van der Waals surface area contributed by atoms with Gasteiger partial charge in [-0.1, -0.05) is 6.07 Å². The number of benzene rings is 1. The Balaban J connectivity index is 2.43. The van der Waals surface area contributed by atoms with Crippen LogP contribution < -0.4 is 10.6 Å². The highest BCUT2D eigenvalue weighted by atomic mass is 15.2. The molecule has 0 saturated heterocycles. The molecule has 90 valence electrons. The Morgan fingerprint density at radius 1 is 1.12 bits per heavy atom. The van der Waals surface area contributed by atoms with Gasteiger partial charge in [0.05, 0.1) is 0 Å². The predicted octanol–water partition coefficient (Wildman–Crippen LogP) is 2.69. The quantitative estimate of drug-likeness (QED) is 0.834. The number of H-pyrrole nitrogens is 1. The van der Waals surface area contributed by atoms with E-state index in [4.69, 9.17) is 5.73 Å². The molecule has 0 unspecified atom stereocenters. The molecule has 17 heavy (non-hydrogen) atoms. The van der Waals surface area contributed by atoms with Crippen LogP contribution in [0.5, 0.6) is 0 Å². The Hall–Kier alpha value is -1.97. The molecule has 2 rings (SSSR count). The summed E-state index contributed by atoms with van der Waals surface area (Å²) in [6, 6.07) is 6.39. The number of aromatic amines is 1. The molecule has 2 aromatic rings. The molecule has 0 aliphatic carbocycles. The van der Waals surface area contributed by atoms with E-state index in [9.17, 15) is 0 Å². The highest BCUT2D eigenvalue weighted by molar-refractivity contribution is 5.69. The Morgan fingerprint density at radius 2 is 1.71 bits per heavy atom. The van der Waals surface area contributed by atoms with Crippen molar-refractivity contribution < 1.29 is 0 Å². The first-order chi connectivity index (χ1) is 7.97. The van der Waals surface area contributed by atoms with Crippen LogP contribution in [0.15, 0.2) is 18.2 Å². The number of anilines is 3. The highest BCUT2D eigenvalue weighted by Gasteiger charge is 2.12. The maximum atomic E-state index is 5.90. The second-order valence-corrected chi connectivity index (χ2v) is 4.46. The minimum Gasteiger partial charge on any atom is -0.382 e. The van der Waals surface area contributed by atoms with Gasteiger partial charge in [0, 0.05) is 12.7 Å². The van der Waals surface area contributed by atoms with Crippen LogP contribution in [0.1, 0.15) is 17.0 Å². The van der Waals surface area contributed by atoms with Crippen LogP contribution in [0.3, 0.4) is 0 Å². The topological polar surface area (TPSA) is 57.9 Å². The van der Waals surface area contributed by atoms with Crippen molar-refractivity contribution in [2.24, 2.45) is 0 Å². The molecule has 0 radical (unpaired) electrons. The first-order valence-electron chi connectivity index (χ1n) is 5.61. The SMILES string of the molecule is Cc1cc(C)cc(N(C)c2nc(C)[nH]c2N)c1. The number of nitrogen functional groups attached to an aromatic ring is 1. The van der Waals surface area contributed by atoms with Gasteiger partial charge in [0.15, 0.2) is 5.82 Å². The van der Waals surface area contributed by atoms with Gasteiger partial charge in [-0.15, -0.1) is 0 Å². The van der Waals surface area contributed by atoms with Crippen molar-refractivity contribution in [2.75, 3.05) is 17.7 Å². The Morgan fingerprint density at radius 3 is 2.18 bits per heavy atom. The first kappa shape index (κ1) is 11.5. The standard InChI is InChI=1S/C13H18N4/c1-8-5-9(2)7-11(6-8)17(4)13-12(14)15-10(3)16-13/h5-7H,14H2,1-4H3,(H,15,16). The van der Waals surface area contributed by atoms with Crippen molar-refractivity contribution in [1.82, 2.24) is 9.97 Å². The van der Waals surface area contributed by atoms with Gasteiger partial charge in [0.2, 0.25) is 0 Å². The summed E-state index contributed by atoms with van der Waals surface area (Å²) >= 11 is 0. The number of nitrogens with zero attached hydrogens (tertiary/aromatic N) is 2. The van der Waals surface area contributed by atoms with Gasteiger partial charge in [0.25, 0.3) is 0 Å². The largest absolute Gasteiger partial charge is 0.382 e. The summed E-state index contributed by atoms with van der Waals surface area (Å²) in [5.41, 5.74) is 9.46. The molecule has 0 fully saturated rings. The van der Waals surface area contributed by atoms with E-state index in [1.807, 2.05) is 18.9 Å². The molecule has 1 aromatic heterocycles. The maximum Gasteiger partial charge on any atom is 0.175 e. The van der Waals surface area contributed by atoms with Gasteiger partial charge in [-0.25, -0.2) is 4.98 Å². The van der Waals surface area contributed by atoms with Crippen LogP contribution >= 0.6 is 0 Å². The van der Waals surface area contributed by atoms with Crippen molar-refractivity contribution in [3.05, 3.63) is 35.2 Å². The number of hydrogen-bond acceptors (Lipinski definition) is 3. The summed E-state index contributed by atoms with van der Waals surface area (Å²) in [6.07, 6.45) is 0. The number of nitrogens with two attached hydrogens (primary N) is 1. The summed E-state index contributed by atoms with van der Waals surface area (Å²) in [6.45, 7) is 6.07. The highest BCUT2D eigenvalue weighted by Crippen LogP contribution is 2.27. The third kappa shape index (κ3) is 2.25. The third-order valence-electron chi connectivity index (χ3n) is 2.74. The number of aromatic nitrogens is 2. The van der Waals surface area contributed by atoms with Gasteiger partial charge >= 0.3 is 0 Å². The number of rotatable bonds is 2. The molecule has 0 saturated carbocycles. The van der Waals surface area contributed by atoms with Crippen molar-refractivity contribution in [3.8, 4) is 0 Å². The van der Waals surface area contributed by atoms with E-state index < -0.39 is 0 Å². The van der Waals surface area contributed by atoms with Crippen LogP contribution in [0.4, 0.5) is 17.3 Å². The summed E-state index contributed by atoms with van der Waals surface area (Å²) in [5, 5.41) is 0. The molecule has 1 heterocycles. The predicted molar refractivity (Wildman–Crippen MR) is 71.7 cm³/mol. The van der Waals surface area contributed by atoms with Crippen molar-refractivity contribution in [2.45, 2.75) is 20.8 Å². The van der Waals surface area contributed by atoms with Gasteiger partial charge in [-0.05, 0) is 44.0 Å². The molecule has 4 heteroatoms. The van der Waals surface area contributed by atoms with Crippen LogP contribution in [0, 0.1) is 20.8 Å². The Kier molecular flexibility index (Phi) is 2.79. The molecule has 3 N–H and O–H groups in total.